The highest BCUT2D eigenvalue weighted by atomic mass is 28.3. The van der Waals surface area contributed by atoms with Crippen molar-refractivity contribution in [2.45, 2.75) is 19.6 Å². The Morgan fingerprint density at radius 1 is 1.27 bits per heavy atom. The van der Waals surface area contributed by atoms with Crippen LogP contribution in [-0.2, 0) is 0 Å². The molecule has 11 heavy (non-hydrogen) atoms. The van der Waals surface area contributed by atoms with Gasteiger partial charge in [0.1, 0.15) is 0 Å². The van der Waals surface area contributed by atoms with Gasteiger partial charge in [-0.25, -0.2) is 0 Å². The second-order valence-corrected chi connectivity index (χ2v) is 8.40. The summed E-state index contributed by atoms with van der Waals surface area (Å²) < 4.78 is 1.85. The molecule has 0 radical (unpaired) electrons. The summed E-state index contributed by atoms with van der Waals surface area (Å²) in [5.74, 6) is 0. The molecule has 0 aliphatic heterocycles. The molecule has 1 aromatic heterocycles. The van der Waals surface area contributed by atoms with Gasteiger partial charge >= 0.3 is 0 Å². The van der Waals surface area contributed by atoms with Crippen molar-refractivity contribution < 1.29 is 0 Å². The number of rotatable bonds is 1. The maximum Gasteiger partial charge on any atom is 0.242 e. The zero-order chi connectivity index (χ0) is 8.48. The smallest absolute Gasteiger partial charge is 0.242 e. The number of nitrogens with zero attached hydrogens (tertiary/aromatic N) is 1. The van der Waals surface area contributed by atoms with Crippen molar-refractivity contribution in [2.24, 2.45) is 0 Å². The first kappa shape index (κ1) is 8.27. The van der Waals surface area contributed by atoms with E-state index >= 15 is 0 Å². The van der Waals surface area contributed by atoms with Crippen molar-refractivity contribution in [3.8, 4) is 0 Å². The minimum absolute atomic E-state index is 0.117. The molecule has 0 fully saturated rings. The van der Waals surface area contributed by atoms with Gasteiger partial charge in [0.25, 0.3) is 0 Å². The van der Waals surface area contributed by atoms with Crippen LogP contribution in [0.2, 0.25) is 19.6 Å². The highest BCUT2D eigenvalue weighted by molar-refractivity contribution is 6.74. The minimum Gasteiger partial charge on any atom is -0.344 e. The predicted molar refractivity (Wildman–Crippen MR) is 49.4 cm³/mol. The fraction of sp³-hybridized carbons (Fsp3) is 0.375. The van der Waals surface area contributed by atoms with Gasteiger partial charge in [0.15, 0.2) is 8.24 Å². The Balaban J connectivity index is 3.26. The molecule has 0 amide bonds. The molecule has 1 aromatic rings. The number of hydrogen-bond acceptors (Lipinski definition) is 1. The fourth-order valence-corrected chi connectivity index (χ4v) is 2.25. The molecule has 0 spiro atoms. The van der Waals surface area contributed by atoms with Gasteiger partial charge in [-0.15, -0.1) is 0 Å². The molecule has 0 unspecified atom stereocenters. The van der Waals surface area contributed by atoms with Crippen LogP contribution in [0.1, 0.15) is 0 Å². The van der Waals surface area contributed by atoms with Gasteiger partial charge in [-0.3, -0.25) is 4.79 Å². The first-order valence-electron chi connectivity index (χ1n) is 3.70. The van der Waals surface area contributed by atoms with E-state index in [0.717, 1.165) is 0 Å². The van der Waals surface area contributed by atoms with Crippen molar-refractivity contribution in [3.05, 3.63) is 34.7 Å². The van der Waals surface area contributed by atoms with E-state index in [1.54, 1.807) is 12.1 Å². The first-order valence-corrected chi connectivity index (χ1v) is 7.15. The normalized spacial score (nSPS) is 11.5. The highest BCUT2D eigenvalue weighted by Gasteiger charge is 2.15. The maximum atomic E-state index is 11.3. The third kappa shape index (κ3) is 1.80. The number of hydrogen-bond donors (Lipinski definition) is 0. The lowest BCUT2D eigenvalue weighted by atomic mass is 10.5. The molecule has 0 atom stereocenters. The molecule has 0 saturated carbocycles. The molecule has 2 nitrogen and oxygen atoms in total. The summed E-state index contributed by atoms with van der Waals surface area (Å²) in [5.41, 5.74) is 0.117. The first-order chi connectivity index (χ1) is 5.02. The monoisotopic (exact) mass is 167 g/mol. The van der Waals surface area contributed by atoms with Crippen molar-refractivity contribution in [1.82, 2.24) is 4.23 Å². The van der Waals surface area contributed by atoms with Gasteiger partial charge in [0.2, 0.25) is 5.56 Å². The van der Waals surface area contributed by atoms with E-state index in [9.17, 15) is 4.79 Å². The Hall–Kier alpha value is -0.833. The number of pyridine rings is 1. The van der Waals surface area contributed by atoms with Crippen LogP contribution in [0, 0.1) is 0 Å². The largest absolute Gasteiger partial charge is 0.344 e. The number of aromatic nitrogens is 1. The van der Waals surface area contributed by atoms with Crippen LogP contribution >= 0.6 is 0 Å². The van der Waals surface area contributed by atoms with Crippen molar-refractivity contribution in [3.63, 3.8) is 0 Å². The molecule has 0 aromatic carbocycles. The lowest BCUT2D eigenvalue weighted by molar-refractivity contribution is 1.05. The Labute approximate surface area is 67.6 Å². The lowest BCUT2D eigenvalue weighted by Crippen LogP contribution is -2.40. The molecule has 0 aliphatic rings. The average molecular weight is 167 g/mol. The van der Waals surface area contributed by atoms with Gasteiger partial charge in [-0.05, 0) is 12.3 Å². The molecule has 0 saturated heterocycles. The topological polar surface area (TPSA) is 22.0 Å². The van der Waals surface area contributed by atoms with Crippen LogP contribution in [0.4, 0.5) is 0 Å². The predicted octanol–water partition coefficient (Wildman–Crippen LogP) is 1.53. The summed E-state index contributed by atoms with van der Waals surface area (Å²) in [5, 5.41) is 0. The van der Waals surface area contributed by atoms with Gasteiger partial charge < -0.3 is 4.23 Å². The third-order valence-corrected chi connectivity index (χ3v) is 3.36. The van der Waals surface area contributed by atoms with E-state index in [-0.39, 0.29) is 5.56 Å². The maximum absolute atomic E-state index is 11.3. The molecule has 0 aliphatic carbocycles. The summed E-state index contributed by atoms with van der Waals surface area (Å²) in [6.07, 6.45) is 1.87. The summed E-state index contributed by atoms with van der Waals surface area (Å²) in [6, 6.07) is 5.29. The Kier molecular flexibility index (Phi) is 2.00. The van der Waals surface area contributed by atoms with Crippen LogP contribution in [0.25, 0.3) is 0 Å². The van der Waals surface area contributed by atoms with Gasteiger partial charge in [-0.2, -0.15) is 0 Å². The van der Waals surface area contributed by atoms with Gasteiger partial charge in [0, 0.05) is 6.07 Å². The zero-order valence-corrected chi connectivity index (χ0v) is 8.16. The third-order valence-electron chi connectivity index (χ3n) is 1.55. The SMILES string of the molecule is C[Si](C)(C)n1ccccc1=O. The van der Waals surface area contributed by atoms with E-state index in [4.69, 9.17) is 0 Å². The Morgan fingerprint density at radius 2 is 1.91 bits per heavy atom. The van der Waals surface area contributed by atoms with Crippen LogP contribution in [0.3, 0.4) is 0 Å². The highest BCUT2D eigenvalue weighted by Crippen LogP contribution is 2.00. The van der Waals surface area contributed by atoms with Crippen LogP contribution in [-0.4, -0.2) is 12.5 Å². The summed E-state index contributed by atoms with van der Waals surface area (Å²) in [4.78, 5) is 11.3. The summed E-state index contributed by atoms with van der Waals surface area (Å²) in [6.45, 7) is 6.44. The molecular formula is C8H13NOSi. The molecular weight excluding hydrogens is 154 g/mol. The standard InChI is InChI=1S/C8H13NOSi/c1-11(2,3)9-7-5-4-6-8(9)10/h4-7H,1-3H3. The van der Waals surface area contributed by atoms with Gasteiger partial charge in [-0.1, -0.05) is 25.7 Å². The van der Waals surface area contributed by atoms with E-state index in [1.165, 1.54) is 0 Å². The molecule has 1 rings (SSSR count). The quantitative estimate of drug-likeness (QED) is 0.581. The van der Waals surface area contributed by atoms with Crippen molar-refractivity contribution in [1.29, 1.82) is 0 Å². The molecule has 0 bridgehead atoms. The fourth-order valence-electron chi connectivity index (χ4n) is 0.982. The van der Waals surface area contributed by atoms with Crippen LogP contribution < -0.4 is 5.56 Å². The molecule has 1 heterocycles. The van der Waals surface area contributed by atoms with Crippen LogP contribution in [0.5, 0.6) is 0 Å². The lowest BCUT2D eigenvalue weighted by Gasteiger charge is -2.18. The second kappa shape index (κ2) is 2.66. The van der Waals surface area contributed by atoms with Crippen molar-refractivity contribution in [2.75, 3.05) is 0 Å². The second-order valence-electron chi connectivity index (χ2n) is 3.58. The summed E-state index contributed by atoms with van der Waals surface area (Å²) >= 11 is 0. The zero-order valence-electron chi connectivity index (χ0n) is 7.16. The van der Waals surface area contributed by atoms with Gasteiger partial charge in [0.05, 0.1) is 0 Å². The minimum atomic E-state index is -1.47. The summed E-state index contributed by atoms with van der Waals surface area (Å²) in [7, 11) is -1.47. The van der Waals surface area contributed by atoms with E-state index < -0.39 is 8.24 Å². The molecule has 3 heteroatoms. The van der Waals surface area contributed by atoms with Crippen LogP contribution in [0.15, 0.2) is 29.2 Å². The average Bonchev–Trinajstić information content (AvgIpc) is 1.86. The van der Waals surface area contributed by atoms with E-state index in [2.05, 4.69) is 19.6 Å². The molecule has 60 valence electrons. The molecule has 0 N–H and O–H groups in total. The van der Waals surface area contributed by atoms with Crippen molar-refractivity contribution >= 4 is 8.24 Å². The Morgan fingerprint density at radius 3 is 2.27 bits per heavy atom. The Bertz CT molecular complexity index is 297. The van der Waals surface area contributed by atoms with E-state index in [0.29, 0.717) is 0 Å². The van der Waals surface area contributed by atoms with E-state index in [1.807, 2.05) is 16.5 Å².